The van der Waals surface area contributed by atoms with Crippen molar-refractivity contribution in [2.45, 2.75) is 32.9 Å². The standard InChI is InChI=1S/C16H24N2O2/c1-5-10-17-15(19)12-20-14-9-7-6-8-13(14)11-18-16(2,3)4/h5-9,18H,1,10-12H2,2-4H3,(H,17,19). The molecule has 0 radical (unpaired) electrons. The summed E-state index contributed by atoms with van der Waals surface area (Å²) in [5, 5.41) is 6.09. The van der Waals surface area contributed by atoms with E-state index >= 15 is 0 Å². The van der Waals surface area contributed by atoms with Gasteiger partial charge in [0.15, 0.2) is 6.61 Å². The van der Waals surface area contributed by atoms with Crippen LogP contribution in [0, 0.1) is 0 Å². The van der Waals surface area contributed by atoms with Crippen LogP contribution >= 0.6 is 0 Å². The van der Waals surface area contributed by atoms with Crippen LogP contribution in [0.5, 0.6) is 5.75 Å². The molecule has 0 aromatic heterocycles. The summed E-state index contributed by atoms with van der Waals surface area (Å²) >= 11 is 0. The summed E-state index contributed by atoms with van der Waals surface area (Å²) in [6.45, 7) is 11.0. The number of rotatable bonds is 7. The van der Waals surface area contributed by atoms with Crippen LogP contribution in [0.25, 0.3) is 0 Å². The smallest absolute Gasteiger partial charge is 0.258 e. The highest BCUT2D eigenvalue weighted by Crippen LogP contribution is 2.18. The predicted molar refractivity (Wildman–Crippen MR) is 81.7 cm³/mol. The summed E-state index contributed by atoms with van der Waals surface area (Å²) in [5.74, 6) is 0.585. The van der Waals surface area contributed by atoms with E-state index < -0.39 is 0 Å². The third kappa shape index (κ3) is 6.38. The zero-order valence-corrected chi connectivity index (χ0v) is 12.5. The summed E-state index contributed by atoms with van der Waals surface area (Å²) in [6.07, 6.45) is 1.64. The molecule has 0 heterocycles. The average molecular weight is 276 g/mol. The molecule has 4 nitrogen and oxygen atoms in total. The van der Waals surface area contributed by atoms with Crippen molar-refractivity contribution in [2.75, 3.05) is 13.2 Å². The fourth-order valence-electron chi connectivity index (χ4n) is 1.53. The molecule has 20 heavy (non-hydrogen) atoms. The fraction of sp³-hybridized carbons (Fsp3) is 0.438. The molecule has 0 aliphatic carbocycles. The molecule has 0 atom stereocenters. The quantitative estimate of drug-likeness (QED) is 0.751. The molecular formula is C16H24N2O2. The summed E-state index contributed by atoms with van der Waals surface area (Å²) in [5.41, 5.74) is 1.08. The molecular weight excluding hydrogens is 252 g/mol. The highest BCUT2D eigenvalue weighted by molar-refractivity contribution is 5.77. The Balaban J connectivity index is 2.57. The summed E-state index contributed by atoms with van der Waals surface area (Å²) in [7, 11) is 0. The molecule has 1 aromatic rings. The molecule has 0 aliphatic heterocycles. The summed E-state index contributed by atoms with van der Waals surface area (Å²) in [4.78, 5) is 11.5. The van der Waals surface area contributed by atoms with Crippen molar-refractivity contribution >= 4 is 5.91 Å². The molecule has 4 heteroatoms. The second-order valence-corrected chi connectivity index (χ2v) is 5.59. The number of ether oxygens (including phenoxy) is 1. The van der Waals surface area contributed by atoms with Crippen LogP contribution in [0.2, 0.25) is 0 Å². The van der Waals surface area contributed by atoms with Crippen molar-refractivity contribution in [2.24, 2.45) is 0 Å². The van der Waals surface area contributed by atoms with Crippen molar-refractivity contribution in [1.29, 1.82) is 0 Å². The molecule has 0 aliphatic rings. The van der Waals surface area contributed by atoms with Crippen LogP contribution in [-0.2, 0) is 11.3 Å². The highest BCUT2D eigenvalue weighted by Gasteiger charge is 2.11. The Bertz CT molecular complexity index is 450. The Kier molecular flexibility index (Phi) is 6.25. The number of hydrogen-bond donors (Lipinski definition) is 2. The third-order valence-corrected chi connectivity index (χ3v) is 2.58. The molecule has 0 unspecified atom stereocenters. The Morgan fingerprint density at radius 1 is 1.35 bits per heavy atom. The van der Waals surface area contributed by atoms with E-state index in [1.54, 1.807) is 6.08 Å². The van der Waals surface area contributed by atoms with E-state index in [9.17, 15) is 4.79 Å². The van der Waals surface area contributed by atoms with Gasteiger partial charge in [-0.2, -0.15) is 0 Å². The number of benzene rings is 1. The lowest BCUT2D eigenvalue weighted by atomic mass is 10.1. The third-order valence-electron chi connectivity index (χ3n) is 2.58. The maximum Gasteiger partial charge on any atom is 0.258 e. The first-order valence-electron chi connectivity index (χ1n) is 6.75. The first-order valence-corrected chi connectivity index (χ1v) is 6.75. The van der Waals surface area contributed by atoms with E-state index in [1.807, 2.05) is 24.3 Å². The number of carbonyl (C=O) groups is 1. The van der Waals surface area contributed by atoms with Gasteiger partial charge in [-0.3, -0.25) is 4.79 Å². The molecule has 1 rings (SSSR count). The topological polar surface area (TPSA) is 50.4 Å². The molecule has 0 spiro atoms. The minimum absolute atomic E-state index is 0.0143. The molecule has 110 valence electrons. The Labute approximate surface area is 121 Å². The van der Waals surface area contributed by atoms with E-state index in [1.165, 1.54) is 0 Å². The van der Waals surface area contributed by atoms with Crippen molar-refractivity contribution < 1.29 is 9.53 Å². The van der Waals surface area contributed by atoms with Crippen LogP contribution in [0.4, 0.5) is 0 Å². The van der Waals surface area contributed by atoms with Crippen molar-refractivity contribution in [3.05, 3.63) is 42.5 Å². The number of para-hydroxylation sites is 1. The largest absolute Gasteiger partial charge is 0.483 e. The van der Waals surface area contributed by atoms with E-state index in [0.717, 1.165) is 11.3 Å². The van der Waals surface area contributed by atoms with Gasteiger partial charge in [-0.15, -0.1) is 6.58 Å². The SMILES string of the molecule is C=CCNC(=O)COc1ccccc1CNC(C)(C)C. The van der Waals surface area contributed by atoms with Crippen LogP contribution in [0.1, 0.15) is 26.3 Å². The number of hydrogen-bond acceptors (Lipinski definition) is 3. The molecule has 2 N–H and O–H groups in total. The lowest BCUT2D eigenvalue weighted by Crippen LogP contribution is -2.35. The van der Waals surface area contributed by atoms with E-state index in [4.69, 9.17) is 4.74 Å². The molecule has 0 saturated heterocycles. The van der Waals surface area contributed by atoms with Crippen molar-refractivity contribution in [3.63, 3.8) is 0 Å². The zero-order valence-electron chi connectivity index (χ0n) is 12.5. The van der Waals surface area contributed by atoms with E-state index in [-0.39, 0.29) is 18.1 Å². The molecule has 1 aromatic carbocycles. The Morgan fingerprint density at radius 2 is 2.05 bits per heavy atom. The minimum Gasteiger partial charge on any atom is -0.483 e. The van der Waals surface area contributed by atoms with Gasteiger partial charge < -0.3 is 15.4 Å². The van der Waals surface area contributed by atoms with E-state index in [0.29, 0.717) is 13.1 Å². The van der Waals surface area contributed by atoms with Gasteiger partial charge in [0, 0.05) is 24.2 Å². The van der Waals surface area contributed by atoms with E-state index in [2.05, 4.69) is 38.0 Å². The van der Waals surface area contributed by atoms with Gasteiger partial charge in [0.25, 0.3) is 5.91 Å². The van der Waals surface area contributed by atoms with Gasteiger partial charge in [-0.25, -0.2) is 0 Å². The molecule has 0 saturated carbocycles. The van der Waals surface area contributed by atoms with Gasteiger partial charge in [-0.1, -0.05) is 24.3 Å². The van der Waals surface area contributed by atoms with Gasteiger partial charge in [-0.05, 0) is 26.8 Å². The maximum absolute atomic E-state index is 11.5. The zero-order chi connectivity index (χ0) is 15.0. The van der Waals surface area contributed by atoms with Crippen LogP contribution < -0.4 is 15.4 Å². The normalized spacial score (nSPS) is 10.9. The number of amides is 1. The van der Waals surface area contributed by atoms with Crippen molar-refractivity contribution in [3.8, 4) is 5.75 Å². The average Bonchev–Trinajstić information content (AvgIpc) is 2.40. The van der Waals surface area contributed by atoms with Gasteiger partial charge in [0.2, 0.25) is 0 Å². The fourth-order valence-corrected chi connectivity index (χ4v) is 1.53. The van der Waals surface area contributed by atoms with Crippen LogP contribution in [0.3, 0.4) is 0 Å². The molecule has 0 fully saturated rings. The maximum atomic E-state index is 11.5. The first kappa shape index (κ1) is 16.2. The van der Waals surface area contributed by atoms with Gasteiger partial charge in [0.1, 0.15) is 5.75 Å². The lowest BCUT2D eigenvalue weighted by molar-refractivity contribution is -0.122. The van der Waals surface area contributed by atoms with Gasteiger partial charge >= 0.3 is 0 Å². The lowest BCUT2D eigenvalue weighted by Gasteiger charge is -2.21. The number of nitrogens with one attached hydrogen (secondary N) is 2. The second kappa shape index (κ2) is 7.70. The molecule has 1 amide bonds. The molecule has 0 bridgehead atoms. The monoisotopic (exact) mass is 276 g/mol. The van der Waals surface area contributed by atoms with Crippen molar-refractivity contribution in [1.82, 2.24) is 10.6 Å². The number of carbonyl (C=O) groups excluding carboxylic acids is 1. The van der Waals surface area contributed by atoms with Crippen LogP contribution in [0.15, 0.2) is 36.9 Å². The highest BCUT2D eigenvalue weighted by atomic mass is 16.5. The Hall–Kier alpha value is -1.81. The van der Waals surface area contributed by atoms with Crippen LogP contribution in [-0.4, -0.2) is 24.6 Å². The summed E-state index contributed by atoms with van der Waals surface area (Å²) in [6, 6.07) is 7.73. The second-order valence-electron chi connectivity index (χ2n) is 5.59. The first-order chi connectivity index (χ1) is 9.42. The van der Waals surface area contributed by atoms with Gasteiger partial charge in [0.05, 0.1) is 0 Å². The Morgan fingerprint density at radius 3 is 2.70 bits per heavy atom. The summed E-state index contributed by atoms with van der Waals surface area (Å²) < 4.78 is 5.57. The predicted octanol–water partition coefficient (Wildman–Crippen LogP) is 2.26. The minimum atomic E-state index is -0.150.